The highest BCUT2D eigenvalue weighted by atomic mass is 16.6. The van der Waals surface area contributed by atoms with Crippen LogP contribution in [0.15, 0.2) is 102 Å². The van der Waals surface area contributed by atoms with E-state index in [0.29, 0.717) is 11.8 Å². The zero-order valence-electron chi connectivity index (χ0n) is 17.5. The topological polar surface area (TPSA) is 24.8 Å². The van der Waals surface area contributed by atoms with Crippen LogP contribution in [0.4, 0.5) is 0 Å². The lowest BCUT2D eigenvalue weighted by atomic mass is 9.68. The van der Waals surface area contributed by atoms with Gasteiger partial charge >= 0.3 is 0 Å². The molecular formula is C28H26N2O. The summed E-state index contributed by atoms with van der Waals surface area (Å²) in [5.41, 5.74) is 4.31. The zero-order chi connectivity index (χ0) is 20.7. The van der Waals surface area contributed by atoms with E-state index in [-0.39, 0.29) is 0 Å². The molecule has 3 atom stereocenters. The first kappa shape index (κ1) is 18.4. The van der Waals surface area contributed by atoms with Gasteiger partial charge in [0.1, 0.15) is 0 Å². The van der Waals surface area contributed by atoms with Gasteiger partial charge in [0, 0.05) is 23.8 Å². The van der Waals surface area contributed by atoms with Crippen LogP contribution in [0.5, 0.6) is 0 Å². The minimum absolute atomic E-state index is 0.304. The molecule has 0 radical (unpaired) electrons. The Bertz CT molecular complexity index is 1120. The standard InChI is InChI=1S/C28H26N2O/c1-4-12-21(13-5-1)24-20-26(22-14-6-2-7-15-22)30-28(19-11-10-18-25(24)28)31-27(29-30)23-16-8-3-9-17-23/h1-9,12-17,20,24-25H,10-11,18-19H2. The lowest BCUT2D eigenvalue weighted by Gasteiger charge is -2.51. The van der Waals surface area contributed by atoms with Crippen molar-refractivity contribution in [2.45, 2.75) is 37.3 Å². The number of hydrogen-bond acceptors (Lipinski definition) is 3. The van der Waals surface area contributed by atoms with Crippen LogP contribution < -0.4 is 0 Å². The van der Waals surface area contributed by atoms with Crippen molar-refractivity contribution in [1.29, 1.82) is 0 Å². The number of hydrazone groups is 1. The van der Waals surface area contributed by atoms with Crippen molar-refractivity contribution in [2.24, 2.45) is 11.0 Å². The highest BCUT2D eigenvalue weighted by molar-refractivity contribution is 5.96. The molecule has 1 fully saturated rings. The number of hydrogen-bond donors (Lipinski definition) is 0. The van der Waals surface area contributed by atoms with Crippen molar-refractivity contribution in [3.63, 3.8) is 0 Å². The zero-order valence-corrected chi connectivity index (χ0v) is 17.5. The van der Waals surface area contributed by atoms with E-state index in [2.05, 4.69) is 96.0 Å². The lowest BCUT2D eigenvalue weighted by Crippen LogP contribution is -2.55. The first-order chi connectivity index (χ1) is 15.4. The molecule has 1 spiro atoms. The molecule has 2 aliphatic heterocycles. The number of ether oxygens (including phenoxy) is 1. The largest absolute Gasteiger partial charge is 0.447 e. The lowest BCUT2D eigenvalue weighted by molar-refractivity contribution is -0.116. The summed E-state index contributed by atoms with van der Waals surface area (Å²) in [6, 6.07) is 31.9. The van der Waals surface area contributed by atoms with Crippen LogP contribution in [0.25, 0.3) is 5.70 Å². The van der Waals surface area contributed by atoms with E-state index in [0.717, 1.165) is 36.4 Å². The summed E-state index contributed by atoms with van der Waals surface area (Å²) in [6.07, 6.45) is 6.97. The van der Waals surface area contributed by atoms with E-state index < -0.39 is 5.72 Å². The van der Waals surface area contributed by atoms with Gasteiger partial charge in [-0.05, 0) is 36.1 Å². The van der Waals surface area contributed by atoms with Crippen LogP contribution in [0.1, 0.15) is 48.3 Å². The summed E-state index contributed by atoms with van der Waals surface area (Å²) in [5.74, 6) is 1.40. The summed E-state index contributed by atoms with van der Waals surface area (Å²) in [7, 11) is 0. The minimum atomic E-state index is -0.427. The van der Waals surface area contributed by atoms with Gasteiger partial charge in [0.25, 0.3) is 0 Å². The predicted octanol–water partition coefficient (Wildman–Crippen LogP) is 6.41. The molecule has 0 amide bonds. The van der Waals surface area contributed by atoms with Crippen molar-refractivity contribution in [2.75, 3.05) is 0 Å². The van der Waals surface area contributed by atoms with Gasteiger partial charge in [-0.15, -0.1) is 5.10 Å². The SMILES string of the molecule is C1=C(c2ccccc2)N2N=C(c3ccccc3)OC23CCCCC3C1c1ccccc1. The molecule has 3 aromatic rings. The van der Waals surface area contributed by atoms with E-state index in [1.807, 2.05) is 6.07 Å². The van der Waals surface area contributed by atoms with Crippen LogP contribution in [-0.2, 0) is 4.74 Å². The fraction of sp³-hybridized carbons (Fsp3) is 0.250. The highest BCUT2D eigenvalue weighted by Gasteiger charge is 2.58. The second-order valence-corrected chi connectivity index (χ2v) is 8.74. The van der Waals surface area contributed by atoms with Crippen molar-refractivity contribution in [1.82, 2.24) is 5.01 Å². The summed E-state index contributed by atoms with van der Waals surface area (Å²) in [6.45, 7) is 0. The van der Waals surface area contributed by atoms with Crippen molar-refractivity contribution in [3.8, 4) is 0 Å². The third kappa shape index (κ3) is 2.99. The summed E-state index contributed by atoms with van der Waals surface area (Å²) < 4.78 is 6.88. The summed E-state index contributed by atoms with van der Waals surface area (Å²) in [5, 5.41) is 7.32. The summed E-state index contributed by atoms with van der Waals surface area (Å²) in [4.78, 5) is 0. The average Bonchev–Trinajstić information content (AvgIpc) is 3.24. The molecular weight excluding hydrogens is 380 g/mol. The van der Waals surface area contributed by atoms with Crippen LogP contribution in [0, 0.1) is 5.92 Å². The maximum absolute atomic E-state index is 6.88. The van der Waals surface area contributed by atoms with Gasteiger partial charge in [-0.25, -0.2) is 5.01 Å². The van der Waals surface area contributed by atoms with Gasteiger partial charge < -0.3 is 4.74 Å². The fourth-order valence-electron chi connectivity index (χ4n) is 5.55. The van der Waals surface area contributed by atoms with Gasteiger partial charge in [0.05, 0.1) is 5.70 Å². The molecule has 3 heteroatoms. The van der Waals surface area contributed by atoms with E-state index in [1.165, 1.54) is 17.5 Å². The molecule has 3 nitrogen and oxygen atoms in total. The van der Waals surface area contributed by atoms with Crippen LogP contribution in [0.3, 0.4) is 0 Å². The first-order valence-corrected chi connectivity index (χ1v) is 11.3. The normalized spacial score (nSPS) is 26.9. The molecule has 0 saturated heterocycles. The first-order valence-electron chi connectivity index (χ1n) is 11.3. The molecule has 3 unspecified atom stereocenters. The quantitative estimate of drug-likeness (QED) is 0.502. The van der Waals surface area contributed by atoms with E-state index in [1.54, 1.807) is 0 Å². The number of benzene rings is 3. The third-order valence-electron chi connectivity index (χ3n) is 6.98. The molecule has 0 N–H and O–H groups in total. The molecule has 2 heterocycles. The predicted molar refractivity (Wildman–Crippen MR) is 124 cm³/mol. The second kappa shape index (κ2) is 7.42. The maximum atomic E-state index is 6.88. The number of nitrogens with zero attached hydrogens (tertiary/aromatic N) is 2. The fourth-order valence-corrected chi connectivity index (χ4v) is 5.55. The van der Waals surface area contributed by atoms with Crippen LogP contribution in [0.2, 0.25) is 0 Å². The Labute approximate surface area is 183 Å². The Hall–Kier alpha value is -3.33. The van der Waals surface area contributed by atoms with Crippen molar-refractivity contribution in [3.05, 3.63) is 114 Å². The van der Waals surface area contributed by atoms with Crippen molar-refractivity contribution < 1.29 is 4.74 Å². The molecule has 6 rings (SSSR count). The molecule has 3 aromatic carbocycles. The molecule has 31 heavy (non-hydrogen) atoms. The molecule has 1 aliphatic carbocycles. The van der Waals surface area contributed by atoms with Crippen LogP contribution in [-0.4, -0.2) is 16.6 Å². The van der Waals surface area contributed by atoms with E-state index >= 15 is 0 Å². The molecule has 0 aromatic heterocycles. The van der Waals surface area contributed by atoms with Gasteiger partial charge in [-0.2, -0.15) is 0 Å². The Balaban J connectivity index is 1.53. The highest BCUT2D eigenvalue weighted by Crippen LogP contribution is 2.55. The van der Waals surface area contributed by atoms with Gasteiger partial charge in [-0.1, -0.05) is 91.4 Å². The smallest absolute Gasteiger partial charge is 0.240 e. The second-order valence-electron chi connectivity index (χ2n) is 8.74. The van der Waals surface area contributed by atoms with Crippen LogP contribution >= 0.6 is 0 Å². The number of rotatable bonds is 3. The Kier molecular flexibility index (Phi) is 4.41. The number of allylic oxidation sites excluding steroid dienone is 1. The average molecular weight is 407 g/mol. The van der Waals surface area contributed by atoms with Crippen molar-refractivity contribution >= 4 is 11.6 Å². The Morgan fingerprint density at radius 1 is 0.774 bits per heavy atom. The minimum Gasteiger partial charge on any atom is -0.447 e. The van der Waals surface area contributed by atoms with Gasteiger partial charge in [0.2, 0.25) is 11.6 Å². The molecule has 1 saturated carbocycles. The molecule has 154 valence electrons. The molecule has 0 bridgehead atoms. The van der Waals surface area contributed by atoms with E-state index in [9.17, 15) is 0 Å². The monoisotopic (exact) mass is 406 g/mol. The summed E-state index contributed by atoms with van der Waals surface area (Å²) >= 11 is 0. The Morgan fingerprint density at radius 2 is 1.42 bits per heavy atom. The maximum Gasteiger partial charge on any atom is 0.240 e. The van der Waals surface area contributed by atoms with Gasteiger partial charge in [0.15, 0.2) is 0 Å². The van der Waals surface area contributed by atoms with E-state index in [4.69, 9.17) is 9.84 Å². The molecule has 3 aliphatic rings. The third-order valence-corrected chi connectivity index (χ3v) is 6.98. The van der Waals surface area contributed by atoms with Gasteiger partial charge in [-0.3, -0.25) is 0 Å². The Morgan fingerprint density at radius 3 is 2.13 bits per heavy atom.